The third-order valence-electron chi connectivity index (χ3n) is 3.54. The third-order valence-corrected chi connectivity index (χ3v) is 3.84. The molecular weight excluding hydrogens is 250 g/mol. The van der Waals surface area contributed by atoms with E-state index in [1.54, 1.807) is 18.2 Å². The normalized spacial score (nSPS) is 14.6. The number of fused-ring (bicyclic) bond motifs is 1. The van der Waals surface area contributed by atoms with Gasteiger partial charge in [-0.2, -0.15) is 0 Å². The molecule has 3 nitrogen and oxygen atoms in total. The largest absolute Gasteiger partial charge is 0.303 e. The number of rotatable bonds is 4. The van der Waals surface area contributed by atoms with Crippen molar-refractivity contribution < 1.29 is 9.59 Å². The summed E-state index contributed by atoms with van der Waals surface area (Å²) in [7, 11) is 0. The van der Waals surface area contributed by atoms with Gasteiger partial charge in [0, 0.05) is 6.54 Å². The van der Waals surface area contributed by atoms with E-state index in [4.69, 9.17) is 11.6 Å². The van der Waals surface area contributed by atoms with Gasteiger partial charge < -0.3 is 4.90 Å². The maximum atomic E-state index is 12.0. The molecule has 1 aromatic carbocycles. The highest BCUT2D eigenvalue weighted by molar-refractivity contribution is 6.54. The molecule has 18 heavy (non-hydrogen) atoms. The van der Waals surface area contributed by atoms with Crippen molar-refractivity contribution in [2.75, 3.05) is 11.4 Å². The summed E-state index contributed by atoms with van der Waals surface area (Å²) < 4.78 is 0. The van der Waals surface area contributed by atoms with Crippen molar-refractivity contribution in [1.82, 2.24) is 0 Å². The van der Waals surface area contributed by atoms with Gasteiger partial charge in [0.15, 0.2) is 0 Å². The maximum absolute atomic E-state index is 12.0. The lowest BCUT2D eigenvalue weighted by molar-refractivity contribution is -0.114. The van der Waals surface area contributed by atoms with Gasteiger partial charge in [0.2, 0.25) is 0 Å². The van der Waals surface area contributed by atoms with Crippen molar-refractivity contribution in [3.05, 3.63) is 28.8 Å². The first kappa shape index (κ1) is 13.1. The molecular formula is C14H16ClNO2. The van der Waals surface area contributed by atoms with Gasteiger partial charge in [0.25, 0.3) is 11.7 Å². The Bertz CT molecular complexity index is 495. The second-order valence-electron chi connectivity index (χ2n) is 4.56. The van der Waals surface area contributed by atoms with E-state index in [1.165, 1.54) is 4.90 Å². The van der Waals surface area contributed by atoms with Crippen molar-refractivity contribution in [3.63, 3.8) is 0 Å². The van der Waals surface area contributed by atoms with Crippen LogP contribution in [0.4, 0.5) is 5.69 Å². The highest BCUT2D eigenvalue weighted by Crippen LogP contribution is 2.36. The van der Waals surface area contributed by atoms with Crippen molar-refractivity contribution in [2.45, 2.75) is 26.7 Å². The molecule has 0 saturated heterocycles. The molecule has 1 heterocycles. The number of Topliss-reactive ketones (excluding diaryl/α,β-unsaturated/α-hetero) is 1. The van der Waals surface area contributed by atoms with Crippen molar-refractivity contribution in [1.29, 1.82) is 0 Å². The van der Waals surface area contributed by atoms with Crippen molar-refractivity contribution >= 4 is 29.0 Å². The Kier molecular flexibility index (Phi) is 3.71. The minimum Gasteiger partial charge on any atom is -0.303 e. The van der Waals surface area contributed by atoms with Crippen LogP contribution in [0.5, 0.6) is 0 Å². The molecule has 1 aliphatic heterocycles. The Morgan fingerprint density at radius 1 is 1.22 bits per heavy atom. The Labute approximate surface area is 112 Å². The van der Waals surface area contributed by atoms with Crippen LogP contribution < -0.4 is 4.90 Å². The standard InChI is InChI=1S/C14H16ClNO2/c1-3-9(4-2)8-16-12-10(13(17)14(16)18)6-5-7-11(12)15/h5-7,9H,3-4,8H2,1-2H3. The van der Waals surface area contributed by atoms with Crippen LogP contribution in [-0.2, 0) is 4.79 Å². The first-order valence-corrected chi connectivity index (χ1v) is 6.62. The molecule has 0 N–H and O–H groups in total. The van der Waals surface area contributed by atoms with E-state index in [9.17, 15) is 9.59 Å². The fourth-order valence-corrected chi connectivity index (χ4v) is 2.57. The summed E-state index contributed by atoms with van der Waals surface area (Å²) in [5.41, 5.74) is 1.01. The molecule has 4 heteroatoms. The molecule has 0 aliphatic carbocycles. The van der Waals surface area contributed by atoms with E-state index in [0.717, 1.165) is 12.8 Å². The summed E-state index contributed by atoms with van der Waals surface area (Å²) in [4.78, 5) is 25.4. The summed E-state index contributed by atoms with van der Waals surface area (Å²) >= 11 is 6.12. The molecule has 0 aromatic heterocycles. The predicted octanol–water partition coefficient (Wildman–Crippen LogP) is 3.31. The molecule has 0 saturated carbocycles. The van der Waals surface area contributed by atoms with Gasteiger partial charge in [-0.25, -0.2) is 0 Å². The number of hydrogen-bond donors (Lipinski definition) is 0. The average Bonchev–Trinajstić information content (AvgIpc) is 2.62. The van der Waals surface area contributed by atoms with Crippen molar-refractivity contribution in [3.8, 4) is 0 Å². The van der Waals surface area contributed by atoms with E-state index >= 15 is 0 Å². The number of halogens is 1. The number of carbonyl (C=O) groups excluding carboxylic acids is 2. The third kappa shape index (κ3) is 2.03. The van der Waals surface area contributed by atoms with Gasteiger partial charge in [-0.05, 0) is 18.1 Å². The van der Waals surface area contributed by atoms with Gasteiger partial charge in [0.05, 0.1) is 16.3 Å². The van der Waals surface area contributed by atoms with Crippen molar-refractivity contribution in [2.24, 2.45) is 5.92 Å². The number of hydrogen-bond acceptors (Lipinski definition) is 2. The molecule has 0 spiro atoms. The highest BCUT2D eigenvalue weighted by atomic mass is 35.5. The topological polar surface area (TPSA) is 37.4 Å². The van der Waals surface area contributed by atoms with Crippen LogP contribution in [0.2, 0.25) is 5.02 Å². The first-order valence-electron chi connectivity index (χ1n) is 6.24. The molecule has 0 bridgehead atoms. The second kappa shape index (κ2) is 5.11. The van der Waals surface area contributed by atoms with E-state index in [2.05, 4.69) is 13.8 Å². The molecule has 1 aromatic rings. The predicted molar refractivity (Wildman–Crippen MR) is 72.2 cm³/mol. The number of benzene rings is 1. The number of para-hydroxylation sites is 1. The zero-order valence-corrected chi connectivity index (χ0v) is 11.3. The Morgan fingerprint density at radius 3 is 2.50 bits per heavy atom. The summed E-state index contributed by atoms with van der Waals surface area (Å²) in [6.07, 6.45) is 1.96. The number of nitrogens with zero attached hydrogens (tertiary/aromatic N) is 1. The Hall–Kier alpha value is -1.35. The highest BCUT2D eigenvalue weighted by Gasteiger charge is 2.37. The Balaban J connectivity index is 2.39. The summed E-state index contributed by atoms with van der Waals surface area (Å²) in [5.74, 6) is -0.507. The lowest BCUT2D eigenvalue weighted by Crippen LogP contribution is -2.34. The minimum absolute atomic E-state index is 0.393. The van der Waals surface area contributed by atoms with Gasteiger partial charge in [-0.15, -0.1) is 0 Å². The van der Waals surface area contributed by atoms with Gasteiger partial charge in [-0.1, -0.05) is 44.4 Å². The number of amides is 1. The molecule has 1 aliphatic rings. The molecule has 0 radical (unpaired) electrons. The lowest BCUT2D eigenvalue weighted by atomic mass is 10.0. The van der Waals surface area contributed by atoms with E-state index in [-0.39, 0.29) is 0 Å². The average molecular weight is 266 g/mol. The fourth-order valence-electron chi connectivity index (χ4n) is 2.29. The molecule has 0 atom stereocenters. The number of anilines is 1. The summed E-state index contributed by atoms with van der Waals surface area (Å²) in [5, 5.41) is 0.470. The molecule has 2 rings (SSSR count). The van der Waals surface area contributed by atoms with Gasteiger partial charge in [0.1, 0.15) is 0 Å². The van der Waals surface area contributed by atoms with Gasteiger partial charge in [-0.3, -0.25) is 9.59 Å². The van der Waals surface area contributed by atoms with Crippen LogP contribution in [0.1, 0.15) is 37.0 Å². The van der Waals surface area contributed by atoms with E-state index < -0.39 is 11.7 Å². The van der Waals surface area contributed by atoms with E-state index in [0.29, 0.717) is 28.7 Å². The van der Waals surface area contributed by atoms with Crippen LogP contribution in [0.15, 0.2) is 18.2 Å². The van der Waals surface area contributed by atoms with Crippen LogP contribution in [-0.4, -0.2) is 18.2 Å². The monoisotopic (exact) mass is 265 g/mol. The van der Waals surface area contributed by atoms with Crippen LogP contribution >= 0.6 is 11.6 Å². The minimum atomic E-state index is -0.454. The van der Waals surface area contributed by atoms with Gasteiger partial charge >= 0.3 is 0 Å². The lowest BCUT2D eigenvalue weighted by Gasteiger charge is -2.22. The maximum Gasteiger partial charge on any atom is 0.299 e. The van der Waals surface area contributed by atoms with Crippen LogP contribution in [0.3, 0.4) is 0 Å². The zero-order chi connectivity index (χ0) is 13.3. The molecule has 0 fully saturated rings. The summed E-state index contributed by atoms with van der Waals surface area (Å²) in [6, 6.07) is 5.08. The summed E-state index contributed by atoms with van der Waals surface area (Å²) in [6.45, 7) is 4.74. The number of ketones is 1. The zero-order valence-electron chi connectivity index (χ0n) is 10.6. The van der Waals surface area contributed by atoms with Crippen LogP contribution in [0.25, 0.3) is 0 Å². The fraction of sp³-hybridized carbons (Fsp3) is 0.429. The smallest absolute Gasteiger partial charge is 0.299 e. The van der Waals surface area contributed by atoms with Crippen LogP contribution in [0, 0.1) is 5.92 Å². The first-order chi connectivity index (χ1) is 8.60. The molecule has 0 unspecified atom stereocenters. The Morgan fingerprint density at radius 2 is 1.89 bits per heavy atom. The quantitative estimate of drug-likeness (QED) is 0.784. The second-order valence-corrected chi connectivity index (χ2v) is 4.97. The number of carbonyl (C=O) groups is 2. The SMILES string of the molecule is CCC(CC)CN1C(=O)C(=O)c2cccc(Cl)c21. The van der Waals surface area contributed by atoms with E-state index in [1.807, 2.05) is 0 Å². The molecule has 96 valence electrons. The molecule has 1 amide bonds.